The first-order chi connectivity index (χ1) is 11.3. The summed E-state index contributed by atoms with van der Waals surface area (Å²) in [7, 11) is -3.87. The monoisotopic (exact) mass is 368 g/mol. The molecule has 24 heavy (non-hydrogen) atoms. The van der Waals surface area contributed by atoms with Gasteiger partial charge in [0.05, 0.1) is 10.5 Å². The Bertz CT molecular complexity index is 866. The van der Waals surface area contributed by atoms with Crippen molar-refractivity contribution < 1.29 is 22.7 Å². The Morgan fingerprint density at radius 1 is 1.12 bits per heavy atom. The van der Waals surface area contributed by atoms with E-state index < -0.39 is 28.5 Å². The number of carbonyl (C=O) groups excluding carboxylic acids is 2. The molecule has 0 saturated heterocycles. The lowest BCUT2D eigenvalue weighted by Crippen LogP contribution is -2.21. The van der Waals surface area contributed by atoms with Gasteiger partial charge in [0.25, 0.3) is 5.91 Å². The highest BCUT2D eigenvalue weighted by Crippen LogP contribution is 2.14. The predicted octanol–water partition coefficient (Wildman–Crippen LogP) is 1.78. The minimum Gasteiger partial charge on any atom is -0.452 e. The molecule has 0 radical (unpaired) electrons. The number of carbonyl (C=O) groups is 2. The van der Waals surface area contributed by atoms with Gasteiger partial charge in [-0.1, -0.05) is 17.7 Å². The second-order valence-electron chi connectivity index (χ2n) is 4.70. The van der Waals surface area contributed by atoms with Crippen LogP contribution in [-0.4, -0.2) is 26.9 Å². The number of nitrogens with one attached hydrogen (secondary N) is 1. The summed E-state index contributed by atoms with van der Waals surface area (Å²) in [6.07, 6.45) is 0. The SMILES string of the molecule is NS(=O)(=O)c1cccc(NC(=O)COC(=O)c2ccc(Cl)cc2)c1. The molecule has 0 aliphatic heterocycles. The van der Waals surface area contributed by atoms with Gasteiger partial charge in [0.1, 0.15) is 0 Å². The zero-order chi connectivity index (χ0) is 17.7. The topological polar surface area (TPSA) is 116 Å². The summed E-state index contributed by atoms with van der Waals surface area (Å²) in [6.45, 7) is -0.527. The zero-order valence-electron chi connectivity index (χ0n) is 12.2. The van der Waals surface area contributed by atoms with E-state index in [0.717, 1.165) is 0 Å². The van der Waals surface area contributed by atoms with E-state index in [1.165, 1.54) is 48.5 Å². The van der Waals surface area contributed by atoms with E-state index in [1.54, 1.807) is 0 Å². The summed E-state index contributed by atoms with van der Waals surface area (Å²) in [5, 5.41) is 7.90. The van der Waals surface area contributed by atoms with Gasteiger partial charge in [-0.2, -0.15) is 0 Å². The lowest BCUT2D eigenvalue weighted by atomic mass is 10.2. The summed E-state index contributed by atoms with van der Waals surface area (Å²) < 4.78 is 27.4. The van der Waals surface area contributed by atoms with Gasteiger partial charge in [0.2, 0.25) is 10.0 Å². The minimum atomic E-state index is -3.87. The molecule has 0 bridgehead atoms. The normalized spacial score (nSPS) is 10.9. The largest absolute Gasteiger partial charge is 0.452 e. The van der Waals surface area contributed by atoms with E-state index in [1.807, 2.05) is 0 Å². The van der Waals surface area contributed by atoms with Crippen molar-refractivity contribution >= 4 is 39.2 Å². The number of benzene rings is 2. The molecule has 0 saturated carbocycles. The molecule has 0 unspecified atom stereocenters. The molecule has 0 atom stereocenters. The Hall–Kier alpha value is -2.42. The fourth-order valence-electron chi connectivity index (χ4n) is 1.75. The molecular formula is C15H13ClN2O5S. The first kappa shape index (κ1) is 17.9. The first-order valence-electron chi connectivity index (χ1n) is 6.61. The maximum atomic E-state index is 11.8. The first-order valence-corrected chi connectivity index (χ1v) is 8.53. The number of anilines is 1. The van der Waals surface area contributed by atoms with Crippen LogP contribution in [0.4, 0.5) is 5.69 Å². The molecule has 3 N–H and O–H groups in total. The number of hydrogen-bond donors (Lipinski definition) is 2. The van der Waals surface area contributed by atoms with Crippen LogP contribution in [0, 0.1) is 0 Å². The van der Waals surface area contributed by atoms with Crippen LogP contribution in [0.5, 0.6) is 0 Å². The van der Waals surface area contributed by atoms with Crippen LogP contribution in [0.15, 0.2) is 53.4 Å². The third-order valence-corrected chi connectivity index (χ3v) is 4.02. The third kappa shape index (κ3) is 5.05. The highest BCUT2D eigenvalue weighted by Gasteiger charge is 2.12. The highest BCUT2D eigenvalue weighted by atomic mass is 35.5. The van der Waals surface area contributed by atoms with E-state index in [9.17, 15) is 18.0 Å². The standard InChI is InChI=1S/C15H13ClN2O5S/c16-11-6-4-10(5-7-11)15(20)23-9-14(19)18-12-2-1-3-13(8-12)24(17,21)22/h1-8H,9H2,(H,18,19)(H2,17,21,22). The van der Waals surface area contributed by atoms with Crippen molar-refractivity contribution in [3.63, 3.8) is 0 Å². The molecule has 9 heteroatoms. The van der Waals surface area contributed by atoms with Gasteiger partial charge in [-0.15, -0.1) is 0 Å². The molecule has 0 fully saturated rings. The Balaban J connectivity index is 1.94. The molecule has 0 aromatic heterocycles. The van der Waals surface area contributed by atoms with Crippen molar-refractivity contribution in [3.8, 4) is 0 Å². The van der Waals surface area contributed by atoms with E-state index in [-0.39, 0.29) is 16.1 Å². The van der Waals surface area contributed by atoms with Gasteiger partial charge < -0.3 is 10.1 Å². The molecule has 7 nitrogen and oxygen atoms in total. The van der Waals surface area contributed by atoms with Gasteiger partial charge >= 0.3 is 5.97 Å². The summed E-state index contributed by atoms with van der Waals surface area (Å²) in [6, 6.07) is 11.4. The molecule has 0 aliphatic carbocycles. The zero-order valence-corrected chi connectivity index (χ0v) is 13.8. The van der Waals surface area contributed by atoms with E-state index in [0.29, 0.717) is 5.02 Å². The van der Waals surface area contributed by atoms with Crippen LogP contribution in [0.3, 0.4) is 0 Å². The Labute approximate surface area is 143 Å². The quantitative estimate of drug-likeness (QED) is 0.780. The average molecular weight is 369 g/mol. The van der Waals surface area contributed by atoms with Crippen molar-refractivity contribution in [2.45, 2.75) is 4.90 Å². The fraction of sp³-hybridized carbons (Fsp3) is 0.0667. The van der Waals surface area contributed by atoms with Crippen molar-refractivity contribution in [3.05, 3.63) is 59.1 Å². The smallest absolute Gasteiger partial charge is 0.338 e. The summed E-state index contributed by atoms with van der Waals surface area (Å²) in [4.78, 5) is 23.4. The van der Waals surface area contributed by atoms with Crippen LogP contribution in [0.25, 0.3) is 0 Å². The lowest BCUT2D eigenvalue weighted by Gasteiger charge is -2.08. The second kappa shape index (κ2) is 7.43. The van der Waals surface area contributed by atoms with Crippen LogP contribution < -0.4 is 10.5 Å². The van der Waals surface area contributed by atoms with E-state index in [4.69, 9.17) is 21.5 Å². The molecule has 2 rings (SSSR count). The maximum Gasteiger partial charge on any atom is 0.338 e. The number of nitrogens with two attached hydrogens (primary N) is 1. The molecule has 2 aromatic rings. The number of halogens is 1. The fourth-order valence-corrected chi connectivity index (χ4v) is 2.43. The van der Waals surface area contributed by atoms with Crippen molar-refractivity contribution in [2.24, 2.45) is 5.14 Å². The minimum absolute atomic E-state index is 0.140. The Morgan fingerprint density at radius 3 is 2.42 bits per heavy atom. The molecule has 2 aromatic carbocycles. The van der Waals surface area contributed by atoms with Gasteiger partial charge in [-0.05, 0) is 42.5 Å². The summed E-state index contributed by atoms with van der Waals surface area (Å²) >= 11 is 5.71. The Morgan fingerprint density at radius 2 is 1.79 bits per heavy atom. The molecule has 0 aliphatic rings. The third-order valence-electron chi connectivity index (χ3n) is 2.86. The van der Waals surface area contributed by atoms with E-state index >= 15 is 0 Å². The number of sulfonamides is 1. The second-order valence-corrected chi connectivity index (χ2v) is 6.70. The number of amides is 1. The Kier molecular flexibility index (Phi) is 5.55. The van der Waals surface area contributed by atoms with Gasteiger partial charge in [-0.3, -0.25) is 4.79 Å². The van der Waals surface area contributed by atoms with Crippen molar-refractivity contribution in [1.82, 2.24) is 0 Å². The van der Waals surface area contributed by atoms with E-state index in [2.05, 4.69) is 5.32 Å². The number of esters is 1. The summed E-state index contributed by atoms with van der Waals surface area (Å²) in [5.41, 5.74) is 0.470. The highest BCUT2D eigenvalue weighted by molar-refractivity contribution is 7.89. The number of rotatable bonds is 5. The molecule has 0 spiro atoms. The number of primary sulfonamides is 1. The number of hydrogen-bond acceptors (Lipinski definition) is 5. The molecular weight excluding hydrogens is 356 g/mol. The number of ether oxygens (including phenoxy) is 1. The van der Waals surface area contributed by atoms with Crippen LogP contribution in [-0.2, 0) is 19.6 Å². The van der Waals surface area contributed by atoms with Crippen LogP contribution in [0.1, 0.15) is 10.4 Å². The van der Waals surface area contributed by atoms with Crippen LogP contribution >= 0.6 is 11.6 Å². The van der Waals surface area contributed by atoms with Crippen LogP contribution in [0.2, 0.25) is 5.02 Å². The van der Waals surface area contributed by atoms with Crippen molar-refractivity contribution in [1.29, 1.82) is 0 Å². The van der Waals surface area contributed by atoms with Gasteiger partial charge in [-0.25, -0.2) is 18.4 Å². The lowest BCUT2D eigenvalue weighted by molar-refractivity contribution is -0.119. The molecule has 126 valence electrons. The molecule has 0 heterocycles. The predicted molar refractivity (Wildman–Crippen MR) is 88.2 cm³/mol. The van der Waals surface area contributed by atoms with Gasteiger partial charge in [0, 0.05) is 10.7 Å². The maximum absolute atomic E-state index is 11.8. The summed E-state index contributed by atoms with van der Waals surface area (Å²) in [5.74, 6) is -1.30. The average Bonchev–Trinajstić information content (AvgIpc) is 2.53. The molecule has 1 amide bonds. The van der Waals surface area contributed by atoms with Crippen molar-refractivity contribution in [2.75, 3.05) is 11.9 Å². The van der Waals surface area contributed by atoms with Gasteiger partial charge in [0.15, 0.2) is 6.61 Å².